The molecule has 0 spiro atoms. The largest absolute Gasteiger partial charge is 0.506 e. The fourth-order valence-electron chi connectivity index (χ4n) is 1.36. The van der Waals surface area contributed by atoms with Crippen LogP contribution in [-0.2, 0) is 6.54 Å². The number of phenols is 1. The molecule has 0 aliphatic rings. The molecular weight excluding hydrogens is 216 g/mol. The highest BCUT2D eigenvalue weighted by Crippen LogP contribution is 2.20. The number of nitrogens with one attached hydrogen (secondary N) is 1. The SMILES string of the molecule is Cc1cnc(NCc2ccc(N)c(O)c2)nc1. The molecule has 0 saturated carbocycles. The van der Waals surface area contributed by atoms with Gasteiger partial charge in [-0.05, 0) is 30.2 Å². The van der Waals surface area contributed by atoms with Crippen LogP contribution >= 0.6 is 0 Å². The van der Waals surface area contributed by atoms with E-state index in [0.717, 1.165) is 11.1 Å². The van der Waals surface area contributed by atoms with Gasteiger partial charge in [0.1, 0.15) is 5.75 Å². The highest BCUT2D eigenvalue weighted by atomic mass is 16.3. The predicted molar refractivity (Wildman–Crippen MR) is 66.6 cm³/mol. The fraction of sp³-hybridized carbons (Fsp3) is 0.167. The zero-order valence-corrected chi connectivity index (χ0v) is 9.51. The molecule has 0 atom stereocenters. The van der Waals surface area contributed by atoms with Gasteiger partial charge in [-0.3, -0.25) is 0 Å². The molecule has 5 nitrogen and oxygen atoms in total. The number of benzene rings is 1. The normalized spacial score (nSPS) is 10.2. The Bertz CT molecular complexity index is 510. The lowest BCUT2D eigenvalue weighted by Crippen LogP contribution is -2.03. The molecule has 1 aromatic heterocycles. The van der Waals surface area contributed by atoms with Gasteiger partial charge in [-0.1, -0.05) is 6.07 Å². The van der Waals surface area contributed by atoms with Crippen molar-refractivity contribution >= 4 is 11.6 Å². The van der Waals surface area contributed by atoms with Crippen LogP contribution in [-0.4, -0.2) is 15.1 Å². The molecule has 2 rings (SSSR count). The van der Waals surface area contributed by atoms with Crippen molar-refractivity contribution in [3.8, 4) is 5.75 Å². The number of anilines is 2. The number of nitrogens with two attached hydrogens (primary N) is 1. The second-order valence-electron chi connectivity index (χ2n) is 3.83. The fourth-order valence-corrected chi connectivity index (χ4v) is 1.36. The van der Waals surface area contributed by atoms with E-state index in [0.29, 0.717) is 18.2 Å². The third kappa shape index (κ3) is 2.84. The number of phenolic OH excluding ortho intramolecular Hbond substituents is 1. The lowest BCUT2D eigenvalue weighted by Gasteiger charge is -2.06. The number of nitrogens with zero attached hydrogens (tertiary/aromatic N) is 2. The quantitative estimate of drug-likeness (QED) is 0.552. The summed E-state index contributed by atoms with van der Waals surface area (Å²) in [6.45, 7) is 2.47. The third-order valence-corrected chi connectivity index (χ3v) is 2.33. The number of hydrogen-bond donors (Lipinski definition) is 3. The molecule has 0 unspecified atom stereocenters. The smallest absolute Gasteiger partial charge is 0.222 e. The molecular formula is C12H14N4O. The summed E-state index contributed by atoms with van der Waals surface area (Å²) in [5, 5.41) is 12.5. The van der Waals surface area contributed by atoms with Crippen molar-refractivity contribution < 1.29 is 5.11 Å². The van der Waals surface area contributed by atoms with Crippen LogP contribution in [0.1, 0.15) is 11.1 Å². The van der Waals surface area contributed by atoms with Crippen molar-refractivity contribution in [2.45, 2.75) is 13.5 Å². The summed E-state index contributed by atoms with van der Waals surface area (Å²) in [5.41, 5.74) is 7.82. The maximum atomic E-state index is 9.45. The average Bonchev–Trinajstić information content (AvgIpc) is 2.33. The molecule has 0 fully saturated rings. The van der Waals surface area contributed by atoms with Crippen LogP contribution in [0.2, 0.25) is 0 Å². The Balaban J connectivity index is 2.02. The molecule has 88 valence electrons. The Kier molecular flexibility index (Phi) is 3.09. The first kappa shape index (κ1) is 11.2. The van der Waals surface area contributed by atoms with Gasteiger partial charge in [0.05, 0.1) is 5.69 Å². The van der Waals surface area contributed by atoms with Gasteiger partial charge in [0.2, 0.25) is 5.95 Å². The Labute approximate surface area is 99.3 Å². The van der Waals surface area contributed by atoms with Crippen molar-refractivity contribution in [3.05, 3.63) is 41.7 Å². The van der Waals surface area contributed by atoms with E-state index < -0.39 is 0 Å². The van der Waals surface area contributed by atoms with Crippen molar-refractivity contribution in [1.29, 1.82) is 0 Å². The highest BCUT2D eigenvalue weighted by molar-refractivity contribution is 5.53. The van der Waals surface area contributed by atoms with Crippen LogP contribution in [0.15, 0.2) is 30.6 Å². The number of aromatic hydroxyl groups is 1. The van der Waals surface area contributed by atoms with Gasteiger partial charge in [0.25, 0.3) is 0 Å². The van der Waals surface area contributed by atoms with E-state index >= 15 is 0 Å². The maximum absolute atomic E-state index is 9.45. The van der Waals surface area contributed by atoms with Gasteiger partial charge in [0.15, 0.2) is 0 Å². The van der Waals surface area contributed by atoms with Gasteiger partial charge in [-0.25, -0.2) is 9.97 Å². The van der Waals surface area contributed by atoms with Crippen LogP contribution < -0.4 is 11.1 Å². The lowest BCUT2D eigenvalue weighted by molar-refractivity contribution is 0.477. The standard InChI is InChI=1S/C12H14N4O/c1-8-5-14-12(15-6-8)16-7-9-2-3-10(13)11(17)4-9/h2-6,17H,7,13H2,1H3,(H,14,15,16). The summed E-state index contributed by atoms with van der Waals surface area (Å²) < 4.78 is 0. The van der Waals surface area contributed by atoms with Gasteiger partial charge >= 0.3 is 0 Å². The van der Waals surface area contributed by atoms with Crippen molar-refractivity contribution in [2.75, 3.05) is 11.1 Å². The Morgan fingerprint density at radius 3 is 2.65 bits per heavy atom. The van der Waals surface area contributed by atoms with Gasteiger partial charge in [-0.15, -0.1) is 0 Å². The molecule has 0 amide bonds. The first-order valence-corrected chi connectivity index (χ1v) is 5.25. The summed E-state index contributed by atoms with van der Waals surface area (Å²) in [7, 11) is 0. The third-order valence-electron chi connectivity index (χ3n) is 2.33. The predicted octanol–water partition coefficient (Wildman–Crippen LogP) is 1.68. The Morgan fingerprint density at radius 2 is 2.00 bits per heavy atom. The van der Waals surface area contributed by atoms with Gasteiger partial charge in [0, 0.05) is 18.9 Å². The monoisotopic (exact) mass is 230 g/mol. The Morgan fingerprint density at radius 1 is 1.29 bits per heavy atom. The molecule has 5 heteroatoms. The molecule has 0 aliphatic carbocycles. The van der Waals surface area contributed by atoms with E-state index in [-0.39, 0.29) is 5.75 Å². The molecule has 1 heterocycles. The van der Waals surface area contributed by atoms with Crippen LogP contribution in [0, 0.1) is 6.92 Å². The molecule has 0 aliphatic heterocycles. The molecule has 0 bridgehead atoms. The summed E-state index contributed by atoms with van der Waals surface area (Å²) in [5.74, 6) is 0.654. The highest BCUT2D eigenvalue weighted by Gasteiger charge is 2.00. The summed E-state index contributed by atoms with van der Waals surface area (Å²) >= 11 is 0. The minimum atomic E-state index is 0.0918. The minimum absolute atomic E-state index is 0.0918. The topological polar surface area (TPSA) is 84.1 Å². The summed E-state index contributed by atoms with van der Waals surface area (Å²) in [6.07, 6.45) is 3.49. The van der Waals surface area contributed by atoms with Crippen LogP contribution in [0.3, 0.4) is 0 Å². The van der Waals surface area contributed by atoms with E-state index in [9.17, 15) is 5.11 Å². The van der Waals surface area contributed by atoms with Crippen LogP contribution in [0.5, 0.6) is 5.75 Å². The van der Waals surface area contributed by atoms with E-state index in [1.807, 2.05) is 13.0 Å². The van der Waals surface area contributed by atoms with E-state index in [1.165, 1.54) is 0 Å². The van der Waals surface area contributed by atoms with E-state index in [1.54, 1.807) is 24.5 Å². The van der Waals surface area contributed by atoms with Crippen molar-refractivity contribution in [1.82, 2.24) is 9.97 Å². The zero-order chi connectivity index (χ0) is 12.3. The van der Waals surface area contributed by atoms with Gasteiger partial charge < -0.3 is 16.2 Å². The molecule has 17 heavy (non-hydrogen) atoms. The van der Waals surface area contributed by atoms with E-state index in [2.05, 4.69) is 15.3 Å². The van der Waals surface area contributed by atoms with Crippen LogP contribution in [0.25, 0.3) is 0 Å². The zero-order valence-electron chi connectivity index (χ0n) is 9.51. The number of aryl methyl sites for hydroxylation is 1. The lowest BCUT2D eigenvalue weighted by atomic mass is 10.2. The molecule has 0 radical (unpaired) electrons. The van der Waals surface area contributed by atoms with Crippen molar-refractivity contribution in [3.63, 3.8) is 0 Å². The average molecular weight is 230 g/mol. The first-order valence-electron chi connectivity index (χ1n) is 5.25. The number of nitrogen functional groups attached to an aromatic ring is 1. The molecule has 4 N–H and O–H groups in total. The summed E-state index contributed by atoms with van der Waals surface area (Å²) in [6, 6.07) is 5.13. The van der Waals surface area contributed by atoms with Crippen molar-refractivity contribution in [2.24, 2.45) is 0 Å². The first-order chi connectivity index (χ1) is 8.15. The number of aromatic nitrogens is 2. The second kappa shape index (κ2) is 4.69. The minimum Gasteiger partial charge on any atom is -0.506 e. The molecule has 2 aromatic rings. The van der Waals surface area contributed by atoms with E-state index in [4.69, 9.17) is 5.73 Å². The van der Waals surface area contributed by atoms with Crippen LogP contribution in [0.4, 0.5) is 11.6 Å². The number of rotatable bonds is 3. The summed E-state index contributed by atoms with van der Waals surface area (Å²) in [4.78, 5) is 8.25. The number of hydrogen-bond acceptors (Lipinski definition) is 5. The Hall–Kier alpha value is -2.30. The molecule has 0 saturated heterocycles. The molecule has 1 aromatic carbocycles. The second-order valence-corrected chi connectivity index (χ2v) is 3.83. The van der Waals surface area contributed by atoms with Gasteiger partial charge in [-0.2, -0.15) is 0 Å². The maximum Gasteiger partial charge on any atom is 0.222 e.